The first-order valence-electron chi connectivity index (χ1n) is 8.09. The third kappa shape index (κ3) is 3.33. The molecule has 3 fully saturated rings. The van der Waals surface area contributed by atoms with E-state index in [9.17, 15) is 0 Å². The predicted molar refractivity (Wildman–Crippen MR) is 86.4 cm³/mol. The Balaban J connectivity index is 1.63. The summed E-state index contributed by atoms with van der Waals surface area (Å²) in [6, 6.07) is 0.435. The second-order valence-corrected chi connectivity index (χ2v) is 8.55. The van der Waals surface area contributed by atoms with Gasteiger partial charge >= 0.3 is 0 Å². The Morgan fingerprint density at radius 2 is 2.15 bits per heavy atom. The molecule has 3 unspecified atom stereocenters. The number of nitrogens with zero attached hydrogens (tertiary/aromatic N) is 1. The average Bonchev–Trinajstić information content (AvgIpc) is 2.70. The monoisotopic (exact) mass is 296 g/mol. The minimum atomic E-state index is -0.00666. The molecule has 0 radical (unpaired) electrons. The molecule has 4 heteroatoms. The van der Waals surface area contributed by atoms with Gasteiger partial charge in [-0.3, -0.25) is 4.99 Å². The summed E-state index contributed by atoms with van der Waals surface area (Å²) in [5.41, 5.74) is 0.342. The van der Waals surface area contributed by atoms with Crippen LogP contribution in [0.25, 0.3) is 0 Å². The molecule has 2 saturated heterocycles. The Labute approximate surface area is 127 Å². The number of hydrogen-bond donors (Lipinski definition) is 1. The largest absolute Gasteiger partial charge is 0.375 e. The number of hydrogen-bond acceptors (Lipinski definition) is 3. The van der Waals surface area contributed by atoms with E-state index in [1.807, 2.05) is 11.8 Å². The summed E-state index contributed by atoms with van der Waals surface area (Å²) in [7, 11) is 0. The van der Waals surface area contributed by atoms with Gasteiger partial charge in [0.2, 0.25) is 0 Å². The van der Waals surface area contributed by atoms with E-state index in [-0.39, 0.29) is 5.60 Å². The van der Waals surface area contributed by atoms with Gasteiger partial charge < -0.3 is 10.1 Å². The SMILES string of the molecule is CC1CCCC2(CSC(=NC3CCOC(C)(C)C3)N2)C1. The molecule has 0 aromatic rings. The van der Waals surface area contributed by atoms with E-state index >= 15 is 0 Å². The standard InChI is InChI=1S/C16H28N2OS/c1-12-5-4-7-16(9-12)11-20-14(18-16)17-13-6-8-19-15(2,3)10-13/h12-13H,4-11H2,1-3H3,(H,17,18). The second kappa shape index (κ2) is 5.53. The van der Waals surface area contributed by atoms with Gasteiger partial charge in [-0.05, 0) is 45.4 Å². The molecule has 0 aromatic heterocycles. The van der Waals surface area contributed by atoms with Crippen LogP contribution in [0.4, 0.5) is 0 Å². The molecular weight excluding hydrogens is 268 g/mol. The van der Waals surface area contributed by atoms with Crippen molar-refractivity contribution in [1.29, 1.82) is 0 Å². The topological polar surface area (TPSA) is 33.6 Å². The van der Waals surface area contributed by atoms with Gasteiger partial charge in [-0.1, -0.05) is 31.5 Å². The fourth-order valence-corrected chi connectivity index (χ4v) is 5.22. The highest BCUT2D eigenvalue weighted by Gasteiger charge is 2.40. The van der Waals surface area contributed by atoms with Gasteiger partial charge in [0.1, 0.15) is 0 Å². The van der Waals surface area contributed by atoms with E-state index in [2.05, 4.69) is 26.1 Å². The van der Waals surface area contributed by atoms with Crippen molar-refractivity contribution in [3.8, 4) is 0 Å². The van der Waals surface area contributed by atoms with Crippen molar-refractivity contribution in [3.05, 3.63) is 0 Å². The van der Waals surface area contributed by atoms with Crippen LogP contribution in [0.2, 0.25) is 0 Å². The maximum Gasteiger partial charge on any atom is 0.157 e. The predicted octanol–water partition coefficient (Wildman–Crippen LogP) is 3.59. The summed E-state index contributed by atoms with van der Waals surface area (Å²) in [6.45, 7) is 7.60. The quantitative estimate of drug-likeness (QED) is 0.803. The Kier molecular flexibility index (Phi) is 4.06. The molecule has 1 spiro atoms. The molecule has 0 aromatic carbocycles. The second-order valence-electron chi connectivity index (χ2n) is 7.58. The highest BCUT2D eigenvalue weighted by atomic mass is 32.2. The van der Waals surface area contributed by atoms with Crippen molar-refractivity contribution in [3.63, 3.8) is 0 Å². The fraction of sp³-hybridized carbons (Fsp3) is 0.938. The molecule has 1 saturated carbocycles. The summed E-state index contributed by atoms with van der Waals surface area (Å²) < 4.78 is 5.79. The van der Waals surface area contributed by atoms with Crippen LogP contribution in [0.5, 0.6) is 0 Å². The van der Waals surface area contributed by atoms with Gasteiger partial charge in [-0.2, -0.15) is 0 Å². The Hall–Kier alpha value is -0.220. The first kappa shape index (κ1) is 14.7. The minimum absolute atomic E-state index is 0.00666. The summed E-state index contributed by atoms with van der Waals surface area (Å²) >= 11 is 1.94. The van der Waals surface area contributed by atoms with Crippen molar-refractivity contribution >= 4 is 16.9 Å². The number of thioether (sulfide) groups is 1. The Morgan fingerprint density at radius 3 is 2.90 bits per heavy atom. The summed E-state index contributed by atoms with van der Waals surface area (Å²) in [5, 5.41) is 4.98. The molecule has 3 aliphatic rings. The average molecular weight is 296 g/mol. The van der Waals surface area contributed by atoms with Crippen LogP contribution in [-0.2, 0) is 4.74 Å². The maximum atomic E-state index is 5.79. The Morgan fingerprint density at radius 1 is 1.30 bits per heavy atom. The van der Waals surface area contributed by atoms with Crippen molar-refractivity contribution in [2.75, 3.05) is 12.4 Å². The van der Waals surface area contributed by atoms with Crippen LogP contribution in [0, 0.1) is 5.92 Å². The van der Waals surface area contributed by atoms with Crippen molar-refractivity contribution in [2.45, 2.75) is 76.5 Å². The summed E-state index contributed by atoms with van der Waals surface area (Å²) in [4.78, 5) is 4.99. The maximum absolute atomic E-state index is 5.79. The molecule has 20 heavy (non-hydrogen) atoms. The zero-order valence-corrected chi connectivity index (χ0v) is 13.9. The van der Waals surface area contributed by atoms with E-state index in [1.54, 1.807) is 0 Å². The first-order valence-corrected chi connectivity index (χ1v) is 9.08. The van der Waals surface area contributed by atoms with Crippen molar-refractivity contribution in [1.82, 2.24) is 5.32 Å². The molecule has 2 aliphatic heterocycles. The first-order chi connectivity index (χ1) is 9.46. The fourth-order valence-electron chi connectivity index (χ4n) is 3.96. The number of nitrogens with one attached hydrogen (secondary N) is 1. The molecule has 2 heterocycles. The summed E-state index contributed by atoms with van der Waals surface area (Å²) in [6.07, 6.45) is 7.52. The molecule has 1 aliphatic carbocycles. The zero-order valence-electron chi connectivity index (χ0n) is 13.1. The molecule has 3 nitrogen and oxygen atoms in total. The van der Waals surface area contributed by atoms with Gasteiger partial charge in [-0.25, -0.2) is 0 Å². The number of amidine groups is 1. The van der Waals surface area contributed by atoms with Crippen LogP contribution in [-0.4, -0.2) is 34.7 Å². The highest BCUT2D eigenvalue weighted by molar-refractivity contribution is 8.14. The Bertz CT molecular complexity index is 396. The van der Waals surface area contributed by atoms with Crippen LogP contribution in [0.1, 0.15) is 59.3 Å². The van der Waals surface area contributed by atoms with E-state index in [0.29, 0.717) is 11.6 Å². The van der Waals surface area contributed by atoms with Crippen LogP contribution < -0.4 is 5.32 Å². The van der Waals surface area contributed by atoms with Crippen LogP contribution in [0.15, 0.2) is 4.99 Å². The van der Waals surface area contributed by atoms with Crippen LogP contribution >= 0.6 is 11.8 Å². The molecule has 0 bridgehead atoms. The third-order valence-electron chi connectivity index (χ3n) is 4.92. The highest BCUT2D eigenvalue weighted by Crippen LogP contribution is 2.39. The third-order valence-corrected chi connectivity index (χ3v) is 6.10. The van der Waals surface area contributed by atoms with Crippen molar-refractivity contribution < 1.29 is 4.74 Å². The lowest BCUT2D eigenvalue weighted by Gasteiger charge is -2.36. The van der Waals surface area contributed by atoms with Crippen molar-refractivity contribution in [2.24, 2.45) is 10.9 Å². The van der Waals surface area contributed by atoms with E-state index in [0.717, 1.165) is 25.4 Å². The van der Waals surface area contributed by atoms with E-state index < -0.39 is 0 Å². The van der Waals surface area contributed by atoms with Gasteiger partial charge in [0, 0.05) is 17.9 Å². The zero-order chi connectivity index (χ0) is 14.2. The lowest BCUT2D eigenvalue weighted by molar-refractivity contribution is -0.0575. The smallest absolute Gasteiger partial charge is 0.157 e. The number of rotatable bonds is 1. The minimum Gasteiger partial charge on any atom is -0.375 e. The van der Waals surface area contributed by atoms with Gasteiger partial charge in [0.15, 0.2) is 5.17 Å². The molecular formula is C16H28N2OS. The molecule has 1 N–H and O–H groups in total. The van der Waals surface area contributed by atoms with Gasteiger partial charge in [0.05, 0.1) is 11.6 Å². The van der Waals surface area contributed by atoms with Gasteiger partial charge in [-0.15, -0.1) is 0 Å². The van der Waals surface area contributed by atoms with E-state index in [1.165, 1.54) is 36.6 Å². The molecule has 3 rings (SSSR count). The lowest BCUT2D eigenvalue weighted by atomic mass is 9.78. The summed E-state index contributed by atoms with van der Waals surface area (Å²) in [5.74, 6) is 2.07. The normalized spacial score (nSPS) is 42.9. The van der Waals surface area contributed by atoms with Gasteiger partial charge in [0.25, 0.3) is 0 Å². The lowest BCUT2D eigenvalue weighted by Crippen LogP contribution is -2.47. The molecule has 114 valence electrons. The molecule has 0 amide bonds. The van der Waals surface area contributed by atoms with Crippen LogP contribution in [0.3, 0.4) is 0 Å². The van der Waals surface area contributed by atoms with E-state index in [4.69, 9.17) is 9.73 Å². The number of ether oxygens (including phenoxy) is 1. The molecule has 3 atom stereocenters. The number of aliphatic imine (C=N–C) groups is 1.